The van der Waals surface area contributed by atoms with Gasteiger partial charge in [0.15, 0.2) is 5.58 Å². The summed E-state index contributed by atoms with van der Waals surface area (Å²) in [5.41, 5.74) is 1.88. The van der Waals surface area contributed by atoms with Crippen LogP contribution in [0.5, 0.6) is 0 Å². The fraction of sp³-hybridized carbons (Fsp3) is 0.188. The van der Waals surface area contributed by atoms with Crippen LogP contribution in [-0.4, -0.2) is 28.4 Å². The molecule has 7 nitrogen and oxygen atoms in total. The molecule has 0 fully saturated rings. The summed E-state index contributed by atoms with van der Waals surface area (Å²) in [5, 5.41) is 12.7. The van der Waals surface area contributed by atoms with Crippen LogP contribution in [0.1, 0.15) is 36.0 Å². The van der Waals surface area contributed by atoms with Crippen LogP contribution in [0.15, 0.2) is 27.4 Å². The Morgan fingerprint density at radius 2 is 2.12 bits per heavy atom. The molecule has 24 heavy (non-hydrogen) atoms. The summed E-state index contributed by atoms with van der Waals surface area (Å²) in [6.45, 7) is 1.26. The number of hydrogen-bond acceptors (Lipinski definition) is 6. The van der Waals surface area contributed by atoms with E-state index in [2.05, 4.69) is 10.3 Å². The summed E-state index contributed by atoms with van der Waals surface area (Å²) in [7, 11) is 0. The van der Waals surface area contributed by atoms with Gasteiger partial charge >= 0.3 is 11.7 Å². The molecule has 3 aromatic rings. The van der Waals surface area contributed by atoms with Crippen LogP contribution < -0.4 is 11.1 Å². The van der Waals surface area contributed by atoms with Gasteiger partial charge in [-0.05, 0) is 36.7 Å². The smallest absolute Gasteiger partial charge is 0.417 e. The maximum atomic E-state index is 12.8. The minimum absolute atomic E-state index is 0.0946. The molecule has 2 aromatic heterocycles. The summed E-state index contributed by atoms with van der Waals surface area (Å²) >= 11 is 1.21. The minimum atomic E-state index is -1.09. The lowest BCUT2D eigenvalue weighted by Gasteiger charge is -2.12. The largest absolute Gasteiger partial charge is 0.478 e. The number of aromatic amines is 1. The molecule has 0 saturated carbocycles. The van der Waals surface area contributed by atoms with Gasteiger partial charge in [0.2, 0.25) is 5.78 Å². The van der Waals surface area contributed by atoms with E-state index in [4.69, 9.17) is 4.42 Å². The van der Waals surface area contributed by atoms with Crippen molar-refractivity contribution in [3.8, 4) is 0 Å². The molecule has 0 saturated heterocycles. The van der Waals surface area contributed by atoms with Gasteiger partial charge in [-0.15, -0.1) is 11.3 Å². The average Bonchev–Trinajstić information content (AvgIpc) is 3.12. The van der Waals surface area contributed by atoms with Gasteiger partial charge in [0.25, 0.3) is 0 Å². The van der Waals surface area contributed by atoms with Gasteiger partial charge in [-0.25, -0.2) is 9.59 Å². The standard InChI is InChI=1S/C16H12N2O5S/c19-13(7-1-2-9-10(5-7)23-16(22)18-9)14-12(15(20)21)8-3-4-17-6-11(8)24-14/h1-2,5,17H,3-4,6H2,(H,18,22)(H,20,21). The monoisotopic (exact) mass is 344 g/mol. The number of fused-ring (bicyclic) bond motifs is 2. The Morgan fingerprint density at radius 1 is 1.29 bits per heavy atom. The van der Waals surface area contributed by atoms with Crippen LogP contribution in [0.3, 0.4) is 0 Å². The van der Waals surface area contributed by atoms with E-state index in [1.54, 1.807) is 12.1 Å². The summed E-state index contributed by atoms with van der Waals surface area (Å²) in [6.07, 6.45) is 0.590. The number of aromatic nitrogens is 1. The first-order valence-electron chi connectivity index (χ1n) is 7.30. The highest BCUT2D eigenvalue weighted by molar-refractivity contribution is 7.14. The third-order valence-corrected chi connectivity index (χ3v) is 5.26. The molecule has 0 aliphatic carbocycles. The molecule has 0 unspecified atom stereocenters. The Morgan fingerprint density at radius 3 is 2.92 bits per heavy atom. The van der Waals surface area contributed by atoms with Crippen molar-refractivity contribution in [2.75, 3.05) is 6.54 Å². The first kappa shape index (κ1) is 14.9. The molecule has 8 heteroatoms. The van der Waals surface area contributed by atoms with Gasteiger partial charge in [-0.1, -0.05) is 0 Å². The maximum absolute atomic E-state index is 12.8. The van der Waals surface area contributed by atoms with Crippen molar-refractivity contribution in [2.24, 2.45) is 0 Å². The van der Waals surface area contributed by atoms with Crippen LogP contribution in [0.25, 0.3) is 11.1 Å². The van der Waals surface area contributed by atoms with E-state index in [0.29, 0.717) is 30.6 Å². The Hall–Kier alpha value is -2.71. The summed E-state index contributed by atoms with van der Waals surface area (Å²) < 4.78 is 4.97. The quantitative estimate of drug-likeness (QED) is 0.624. The zero-order valence-corrected chi connectivity index (χ0v) is 13.2. The number of ketones is 1. The van der Waals surface area contributed by atoms with Crippen LogP contribution >= 0.6 is 11.3 Å². The van der Waals surface area contributed by atoms with E-state index < -0.39 is 11.7 Å². The molecule has 0 radical (unpaired) electrons. The number of benzene rings is 1. The Balaban J connectivity index is 1.84. The number of oxazole rings is 1. The number of carboxylic acids is 1. The van der Waals surface area contributed by atoms with Gasteiger partial charge in [0.1, 0.15) is 0 Å². The van der Waals surface area contributed by atoms with Crippen LogP contribution in [0, 0.1) is 0 Å². The lowest BCUT2D eigenvalue weighted by molar-refractivity contribution is 0.0692. The van der Waals surface area contributed by atoms with Crippen molar-refractivity contribution >= 4 is 34.2 Å². The third kappa shape index (κ3) is 2.27. The number of H-pyrrole nitrogens is 1. The van der Waals surface area contributed by atoms with Gasteiger partial charge in [0.05, 0.1) is 16.0 Å². The fourth-order valence-corrected chi connectivity index (χ4v) is 4.21. The predicted molar refractivity (Wildman–Crippen MR) is 87.0 cm³/mol. The third-order valence-electron chi connectivity index (χ3n) is 4.03. The van der Waals surface area contributed by atoms with Crippen LogP contribution in [0.4, 0.5) is 0 Å². The molecule has 1 aliphatic rings. The number of thiophene rings is 1. The molecule has 4 rings (SSSR count). The summed E-state index contributed by atoms with van der Waals surface area (Å²) in [6, 6.07) is 4.58. The minimum Gasteiger partial charge on any atom is -0.478 e. The van der Waals surface area contributed by atoms with E-state index >= 15 is 0 Å². The maximum Gasteiger partial charge on any atom is 0.417 e. The van der Waals surface area contributed by atoms with E-state index in [1.807, 2.05) is 0 Å². The summed E-state index contributed by atoms with van der Waals surface area (Å²) in [4.78, 5) is 39.3. The van der Waals surface area contributed by atoms with Gasteiger partial charge < -0.3 is 14.8 Å². The average molecular weight is 344 g/mol. The van der Waals surface area contributed by atoms with Crippen molar-refractivity contribution in [2.45, 2.75) is 13.0 Å². The molecule has 1 aliphatic heterocycles. The Labute approximate surface area is 138 Å². The number of aromatic carboxylic acids is 1. The SMILES string of the molecule is O=C(c1ccc2[nH]c(=O)oc2c1)c1sc2c(c1C(=O)O)CCNC2. The van der Waals surface area contributed by atoms with E-state index in [9.17, 15) is 19.5 Å². The highest BCUT2D eigenvalue weighted by atomic mass is 32.1. The normalized spacial score (nSPS) is 13.8. The molecular formula is C16H12N2O5S. The number of hydrogen-bond donors (Lipinski definition) is 3. The molecule has 1 aromatic carbocycles. The lowest BCUT2D eigenvalue weighted by atomic mass is 9.99. The highest BCUT2D eigenvalue weighted by Gasteiger charge is 2.29. The first-order valence-corrected chi connectivity index (χ1v) is 8.12. The molecule has 3 N–H and O–H groups in total. The van der Waals surface area contributed by atoms with E-state index in [0.717, 1.165) is 10.4 Å². The van der Waals surface area contributed by atoms with Crippen LogP contribution in [0.2, 0.25) is 0 Å². The zero-order valence-electron chi connectivity index (χ0n) is 12.3. The molecule has 0 amide bonds. The van der Waals surface area contributed by atoms with E-state index in [1.165, 1.54) is 17.4 Å². The Kier molecular flexibility index (Phi) is 3.36. The van der Waals surface area contributed by atoms with Crippen molar-refractivity contribution < 1.29 is 19.1 Å². The number of carbonyl (C=O) groups excluding carboxylic acids is 1. The number of rotatable bonds is 3. The summed E-state index contributed by atoms with van der Waals surface area (Å²) in [5.74, 6) is -2.07. The number of nitrogens with one attached hydrogen (secondary N) is 2. The molecular weight excluding hydrogens is 332 g/mol. The van der Waals surface area contributed by atoms with Crippen molar-refractivity contribution in [1.29, 1.82) is 0 Å². The number of carboxylic acid groups (broad SMARTS) is 1. The van der Waals surface area contributed by atoms with Crippen LogP contribution in [-0.2, 0) is 13.0 Å². The highest BCUT2D eigenvalue weighted by Crippen LogP contribution is 2.33. The second-order valence-electron chi connectivity index (χ2n) is 5.49. The first-order chi connectivity index (χ1) is 11.5. The molecule has 0 bridgehead atoms. The zero-order chi connectivity index (χ0) is 16.8. The molecule has 122 valence electrons. The molecule has 0 atom stereocenters. The Bertz CT molecular complexity index is 1040. The van der Waals surface area contributed by atoms with Crippen molar-refractivity contribution in [3.63, 3.8) is 0 Å². The predicted octanol–water partition coefficient (Wildman–Crippen LogP) is 1.76. The van der Waals surface area contributed by atoms with Gasteiger partial charge in [-0.3, -0.25) is 9.78 Å². The lowest BCUT2D eigenvalue weighted by Crippen LogP contribution is -2.23. The van der Waals surface area contributed by atoms with E-state index in [-0.39, 0.29) is 21.8 Å². The fourth-order valence-electron chi connectivity index (χ4n) is 2.94. The van der Waals surface area contributed by atoms with Gasteiger partial charge in [0, 0.05) is 17.0 Å². The molecule has 0 spiro atoms. The van der Waals surface area contributed by atoms with Crippen molar-refractivity contribution in [1.82, 2.24) is 10.3 Å². The topological polar surface area (TPSA) is 112 Å². The van der Waals surface area contributed by atoms with Gasteiger partial charge in [-0.2, -0.15) is 0 Å². The van der Waals surface area contributed by atoms with Crippen molar-refractivity contribution in [3.05, 3.63) is 55.2 Å². The number of carbonyl (C=O) groups is 2. The second-order valence-corrected chi connectivity index (χ2v) is 6.60. The second kappa shape index (κ2) is 5.43. The molecule has 3 heterocycles.